The first-order valence-corrected chi connectivity index (χ1v) is 7.05. The Morgan fingerprint density at radius 3 is 2.76 bits per heavy atom. The van der Waals surface area contributed by atoms with Gasteiger partial charge in [-0.3, -0.25) is 0 Å². The van der Waals surface area contributed by atoms with Gasteiger partial charge in [-0.1, -0.05) is 23.7 Å². The Kier molecular flexibility index (Phi) is 2.95. The maximum absolute atomic E-state index is 5.92. The summed E-state index contributed by atoms with van der Waals surface area (Å²) in [6.07, 6.45) is 1.14. The fourth-order valence-corrected chi connectivity index (χ4v) is 3.65. The molecule has 0 fully saturated rings. The van der Waals surface area contributed by atoms with E-state index in [1.807, 2.05) is 23.5 Å². The van der Waals surface area contributed by atoms with Gasteiger partial charge in [-0.05, 0) is 49.2 Å². The number of rotatable bonds is 1. The lowest BCUT2D eigenvalue weighted by molar-refractivity contribution is 0.551. The van der Waals surface area contributed by atoms with Crippen LogP contribution < -0.4 is 5.32 Å². The van der Waals surface area contributed by atoms with Gasteiger partial charge in [0.15, 0.2) is 0 Å². The molecule has 88 valence electrons. The van der Waals surface area contributed by atoms with Gasteiger partial charge in [-0.25, -0.2) is 0 Å². The van der Waals surface area contributed by atoms with Crippen LogP contribution in [0, 0.1) is 0 Å². The highest BCUT2D eigenvalue weighted by Gasteiger charge is 2.19. The lowest BCUT2D eigenvalue weighted by atomic mass is 10.0. The second kappa shape index (κ2) is 4.45. The summed E-state index contributed by atoms with van der Waals surface area (Å²) in [5, 5.41) is 4.30. The van der Waals surface area contributed by atoms with Crippen molar-refractivity contribution in [1.29, 1.82) is 0 Å². The molecule has 1 nitrogen and oxygen atoms in total. The van der Waals surface area contributed by atoms with Crippen LogP contribution in [-0.4, -0.2) is 6.54 Å². The summed E-state index contributed by atoms with van der Waals surface area (Å²) < 4.78 is 0. The number of nitrogens with one attached hydrogen (secondary N) is 1. The summed E-state index contributed by atoms with van der Waals surface area (Å²) in [5.74, 6) is 0. The number of hydrogen-bond acceptors (Lipinski definition) is 2. The molecule has 2 aromatic rings. The first kappa shape index (κ1) is 11.3. The fraction of sp³-hybridized carbons (Fsp3) is 0.286. The Morgan fingerprint density at radius 2 is 2.06 bits per heavy atom. The zero-order valence-corrected chi connectivity index (χ0v) is 11.2. The van der Waals surface area contributed by atoms with E-state index in [-0.39, 0.29) is 0 Å². The van der Waals surface area contributed by atoms with Gasteiger partial charge in [0.2, 0.25) is 0 Å². The fourth-order valence-electron chi connectivity index (χ4n) is 2.28. The molecule has 3 rings (SSSR count). The topological polar surface area (TPSA) is 12.0 Å². The Hall–Kier alpha value is -0.830. The van der Waals surface area contributed by atoms with E-state index in [1.165, 1.54) is 20.9 Å². The maximum atomic E-state index is 5.92. The minimum atomic E-state index is 0.491. The van der Waals surface area contributed by atoms with Crippen LogP contribution in [0.25, 0.3) is 10.4 Å². The third-order valence-electron chi connectivity index (χ3n) is 3.21. The molecule has 1 aliphatic rings. The van der Waals surface area contributed by atoms with Crippen LogP contribution in [0.1, 0.15) is 23.4 Å². The quantitative estimate of drug-likeness (QED) is 0.810. The average molecular weight is 264 g/mol. The first-order valence-electron chi connectivity index (χ1n) is 5.86. The monoisotopic (exact) mass is 263 g/mol. The van der Waals surface area contributed by atoms with E-state index < -0.39 is 0 Å². The molecule has 0 spiro atoms. The number of thiophene rings is 1. The predicted molar refractivity (Wildman–Crippen MR) is 74.9 cm³/mol. The van der Waals surface area contributed by atoms with Crippen LogP contribution in [0.5, 0.6) is 0 Å². The molecule has 1 aliphatic heterocycles. The Bertz CT molecular complexity index is 530. The van der Waals surface area contributed by atoms with E-state index in [1.54, 1.807) is 0 Å². The largest absolute Gasteiger partial charge is 0.309 e. The zero-order valence-electron chi connectivity index (χ0n) is 9.66. The molecule has 0 amide bonds. The Balaban J connectivity index is 2.02. The molecular weight excluding hydrogens is 250 g/mol. The van der Waals surface area contributed by atoms with Crippen molar-refractivity contribution >= 4 is 22.9 Å². The van der Waals surface area contributed by atoms with Crippen molar-refractivity contribution in [1.82, 2.24) is 5.32 Å². The van der Waals surface area contributed by atoms with E-state index in [0.29, 0.717) is 6.04 Å². The number of benzene rings is 1. The minimum absolute atomic E-state index is 0.491. The lowest BCUT2D eigenvalue weighted by Gasteiger charge is -2.19. The van der Waals surface area contributed by atoms with Crippen molar-refractivity contribution in [2.45, 2.75) is 19.4 Å². The molecule has 3 heteroatoms. The van der Waals surface area contributed by atoms with Crippen molar-refractivity contribution in [3.63, 3.8) is 0 Å². The molecule has 0 saturated carbocycles. The molecule has 17 heavy (non-hydrogen) atoms. The third kappa shape index (κ3) is 2.13. The molecular formula is C14H14ClNS. The van der Waals surface area contributed by atoms with E-state index in [0.717, 1.165) is 18.0 Å². The zero-order chi connectivity index (χ0) is 11.8. The Labute approximate surface area is 110 Å². The van der Waals surface area contributed by atoms with Gasteiger partial charge in [-0.15, -0.1) is 11.3 Å². The number of halogens is 1. The van der Waals surface area contributed by atoms with Crippen molar-refractivity contribution in [3.05, 3.63) is 45.8 Å². The van der Waals surface area contributed by atoms with Crippen LogP contribution >= 0.6 is 22.9 Å². The van der Waals surface area contributed by atoms with Gasteiger partial charge in [0.25, 0.3) is 0 Å². The van der Waals surface area contributed by atoms with Crippen molar-refractivity contribution < 1.29 is 0 Å². The summed E-state index contributed by atoms with van der Waals surface area (Å²) in [4.78, 5) is 2.84. The lowest BCUT2D eigenvalue weighted by Crippen LogP contribution is -2.26. The molecule has 1 unspecified atom stereocenters. The van der Waals surface area contributed by atoms with Gasteiger partial charge < -0.3 is 5.32 Å². The molecule has 1 aromatic heterocycles. The van der Waals surface area contributed by atoms with Gasteiger partial charge in [0.1, 0.15) is 0 Å². The van der Waals surface area contributed by atoms with Gasteiger partial charge in [0.05, 0.1) is 0 Å². The summed E-state index contributed by atoms with van der Waals surface area (Å²) in [6, 6.07) is 10.9. The summed E-state index contributed by atoms with van der Waals surface area (Å²) in [5.41, 5.74) is 2.77. The molecule has 0 aliphatic carbocycles. The summed E-state index contributed by atoms with van der Waals surface area (Å²) in [6.45, 7) is 3.32. The standard InChI is InChI=1S/C14H14ClNS/c1-9-14-11(6-7-16-9)8-13(17-14)10-2-4-12(15)5-3-10/h2-5,8-9,16H,6-7H2,1H3. The second-order valence-corrected chi connectivity index (χ2v) is 5.95. The van der Waals surface area contributed by atoms with Crippen LogP contribution in [0.3, 0.4) is 0 Å². The highest BCUT2D eigenvalue weighted by molar-refractivity contribution is 7.15. The second-order valence-electron chi connectivity index (χ2n) is 4.43. The maximum Gasteiger partial charge on any atom is 0.0406 e. The van der Waals surface area contributed by atoms with E-state index in [4.69, 9.17) is 11.6 Å². The van der Waals surface area contributed by atoms with E-state index in [9.17, 15) is 0 Å². The van der Waals surface area contributed by atoms with Crippen LogP contribution in [0.4, 0.5) is 0 Å². The van der Waals surface area contributed by atoms with E-state index >= 15 is 0 Å². The molecule has 0 bridgehead atoms. The molecule has 2 heterocycles. The van der Waals surface area contributed by atoms with Gasteiger partial charge >= 0.3 is 0 Å². The van der Waals surface area contributed by atoms with Gasteiger partial charge in [-0.2, -0.15) is 0 Å². The van der Waals surface area contributed by atoms with E-state index in [2.05, 4.69) is 30.4 Å². The SMILES string of the molecule is CC1NCCc2cc(-c3ccc(Cl)cc3)sc21. The molecule has 1 atom stereocenters. The highest BCUT2D eigenvalue weighted by atomic mass is 35.5. The first-order chi connectivity index (χ1) is 8.24. The van der Waals surface area contributed by atoms with Gasteiger partial charge in [0, 0.05) is 20.8 Å². The molecule has 0 saturated heterocycles. The van der Waals surface area contributed by atoms with Crippen LogP contribution in [0.15, 0.2) is 30.3 Å². The van der Waals surface area contributed by atoms with Crippen LogP contribution in [0.2, 0.25) is 5.02 Å². The third-order valence-corrected chi connectivity index (χ3v) is 4.87. The Morgan fingerprint density at radius 1 is 1.29 bits per heavy atom. The van der Waals surface area contributed by atoms with Crippen molar-refractivity contribution in [2.75, 3.05) is 6.54 Å². The van der Waals surface area contributed by atoms with Crippen molar-refractivity contribution in [2.24, 2.45) is 0 Å². The minimum Gasteiger partial charge on any atom is -0.309 e. The highest BCUT2D eigenvalue weighted by Crippen LogP contribution is 2.37. The van der Waals surface area contributed by atoms with Crippen LogP contribution in [-0.2, 0) is 6.42 Å². The molecule has 1 N–H and O–H groups in total. The normalized spacial score (nSPS) is 19.1. The smallest absolute Gasteiger partial charge is 0.0406 e. The predicted octanol–water partition coefficient (Wildman–Crippen LogP) is 4.28. The molecule has 0 radical (unpaired) electrons. The number of hydrogen-bond donors (Lipinski definition) is 1. The summed E-state index contributed by atoms with van der Waals surface area (Å²) in [7, 11) is 0. The van der Waals surface area contributed by atoms with Crippen molar-refractivity contribution in [3.8, 4) is 10.4 Å². The summed E-state index contributed by atoms with van der Waals surface area (Å²) >= 11 is 7.81. The average Bonchev–Trinajstić information content (AvgIpc) is 2.75. The molecule has 1 aromatic carbocycles. The number of fused-ring (bicyclic) bond motifs is 1.